The second-order valence-electron chi connectivity index (χ2n) is 6.13. The van der Waals surface area contributed by atoms with Gasteiger partial charge in [0.1, 0.15) is 0 Å². The molecule has 1 aliphatic rings. The number of hydrogen-bond acceptors (Lipinski definition) is 2. The highest BCUT2D eigenvalue weighted by molar-refractivity contribution is 5.79. The van der Waals surface area contributed by atoms with Crippen LogP contribution in [0.3, 0.4) is 0 Å². The molecule has 0 unspecified atom stereocenters. The van der Waals surface area contributed by atoms with E-state index in [1.165, 1.54) is 0 Å². The molecule has 6 heteroatoms. The lowest BCUT2D eigenvalue weighted by Gasteiger charge is -2.32. The molecule has 0 aromatic heterocycles. The quantitative estimate of drug-likeness (QED) is 0.872. The number of halogens is 3. The Kier molecular flexibility index (Phi) is 6.04. The average molecular weight is 329 g/mol. The van der Waals surface area contributed by atoms with Gasteiger partial charge in [0.2, 0.25) is 5.91 Å². The smallest absolute Gasteiger partial charge is 0.391 e. The number of aliphatic hydroxyl groups excluding tert-OH is 1. The van der Waals surface area contributed by atoms with Crippen LogP contribution in [0, 0.1) is 11.8 Å². The highest BCUT2D eigenvalue weighted by Crippen LogP contribution is 2.41. The van der Waals surface area contributed by atoms with Crippen molar-refractivity contribution >= 4 is 5.91 Å². The summed E-state index contributed by atoms with van der Waals surface area (Å²) in [4.78, 5) is 12.1. The maximum Gasteiger partial charge on any atom is 0.392 e. The van der Waals surface area contributed by atoms with Crippen molar-refractivity contribution in [1.29, 1.82) is 0 Å². The van der Waals surface area contributed by atoms with E-state index in [9.17, 15) is 23.1 Å². The van der Waals surface area contributed by atoms with Crippen LogP contribution in [0.1, 0.15) is 31.2 Å². The normalized spacial score (nSPS) is 23.3. The maximum atomic E-state index is 13.0. The summed E-state index contributed by atoms with van der Waals surface area (Å²) >= 11 is 0. The minimum absolute atomic E-state index is 0.00809. The number of carbonyl (C=O) groups excluding carboxylic acids is 1. The van der Waals surface area contributed by atoms with Gasteiger partial charge in [0, 0.05) is 18.9 Å². The molecule has 1 amide bonds. The van der Waals surface area contributed by atoms with Crippen molar-refractivity contribution in [3.63, 3.8) is 0 Å². The highest BCUT2D eigenvalue weighted by atomic mass is 19.4. The van der Waals surface area contributed by atoms with Crippen LogP contribution in [-0.4, -0.2) is 29.8 Å². The lowest BCUT2D eigenvalue weighted by atomic mass is 9.78. The third-order valence-corrected chi connectivity index (χ3v) is 4.35. The van der Waals surface area contributed by atoms with Crippen molar-refractivity contribution < 1.29 is 23.1 Å². The van der Waals surface area contributed by atoms with Gasteiger partial charge in [-0.1, -0.05) is 43.2 Å². The molecule has 0 spiro atoms. The van der Waals surface area contributed by atoms with Crippen molar-refractivity contribution in [3.05, 3.63) is 35.9 Å². The van der Waals surface area contributed by atoms with Crippen LogP contribution in [0.25, 0.3) is 0 Å². The molecular weight excluding hydrogens is 307 g/mol. The van der Waals surface area contributed by atoms with Crippen LogP contribution in [0.15, 0.2) is 30.3 Å². The average Bonchev–Trinajstić information content (AvgIpc) is 2.53. The number of aliphatic hydroxyl groups is 1. The molecule has 0 heterocycles. The van der Waals surface area contributed by atoms with Crippen molar-refractivity contribution in [2.24, 2.45) is 11.8 Å². The molecule has 0 radical (unpaired) electrons. The van der Waals surface area contributed by atoms with Crippen molar-refractivity contribution in [3.8, 4) is 0 Å². The molecule has 2 rings (SSSR count). The Labute approximate surface area is 133 Å². The fourth-order valence-electron chi connectivity index (χ4n) is 3.14. The van der Waals surface area contributed by atoms with Gasteiger partial charge in [0.15, 0.2) is 0 Å². The second-order valence-corrected chi connectivity index (χ2v) is 6.13. The van der Waals surface area contributed by atoms with Gasteiger partial charge in [-0.25, -0.2) is 0 Å². The molecule has 0 bridgehead atoms. The van der Waals surface area contributed by atoms with Crippen LogP contribution in [0.4, 0.5) is 13.2 Å². The number of nitrogens with one attached hydrogen (secondary N) is 1. The van der Waals surface area contributed by atoms with Gasteiger partial charge in [-0.3, -0.25) is 4.79 Å². The van der Waals surface area contributed by atoms with Crippen molar-refractivity contribution in [1.82, 2.24) is 5.32 Å². The Balaban J connectivity index is 1.85. The van der Waals surface area contributed by atoms with Gasteiger partial charge >= 0.3 is 6.18 Å². The molecule has 1 aromatic rings. The molecule has 3 nitrogen and oxygen atoms in total. The zero-order chi connectivity index (χ0) is 16.9. The third-order valence-electron chi connectivity index (χ3n) is 4.35. The summed E-state index contributed by atoms with van der Waals surface area (Å²) in [6, 6.07) is 9.25. The highest BCUT2D eigenvalue weighted by Gasteiger charge is 2.47. The number of carbonyl (C=O) groups is 1. The van der Waals surface area contributed by atoms with Gasteiger partial charge in [-0.2, -0.15) is 13.2 Å². The first-order valence-corrected chi connectivity index (χ1v) is 7.94. The Morgan fingerprint density at radius 2 is 1.87 bits per heavy atom. The standard InChI is InChI=1S/C17H22F3NO2/c18-17(19,20)15-9-5-4-8-14(15)16(23)21-11-13(22)10-12-6-2-1-3-7-12/h1-3,6-7,13-15,22H,4-5,8-11H2,(H,21,23)/t13-,14+,15+/m1/s1. The number of benzene rings is 1. The lowest BCUT2D eigenvalue weighted by Crippen LogP contribution is -2.44. The Morgan fingerprint density at radius 1 is 1.22 bits per heavy atom. The predicted octanol–water partition coefficient (Wildman–Crippen LogP) is 3.07. The van der Waals surface area contributed by atoms with E-state index in [0.29, 0.717) is 19.3 Å². The van der Waals surface area contributed by atoms with Crippen molar-refractivity contribution in [2.45, 2.75) is 44.4 Å². The van der Waals surface area contributed by atoms with E-state index in [0.717, 1.165) is 5.56 Å². The first-order chi connectivity index (χ1) is 10.9. The van der Waals surface area contributed by atoms with Gasteiger partial charge < -0.3 is 10.4 Å². The van der Waals surface area contributed by atoms with Gasteiger partial charge in [0.25, 0.3) is 0 Å². The molecule has 1 aromatic carbocycles. The van der Waals surface area contributed by atoms with E-state index in [2.05, 4.69) is 5.32 Å². The molecular formula is C17H22F3NO2. The van der Waals surface area contributed by atoms with Crippen LogP contribution in [0.5, 0.6) is 0 Å². The van der Waals surface area contributed by atoms with E-state index in [4.69, 9.17) is 0 Å². The summed E-state index contributed by atoms with van der Waals surface area (Å²) in [5.74, 6) is -3.20. The largest absolute Gasteiger partial charge is 0.392 e. The Bertz CT molecular complexity index is 504. The van der Waals surface area contributed by atoms with E-state index >= 15 is 0 Å². The van der Waals surface area contributed by atoms with Gasteiger partial charge in [-0.05, 0) is 18.4 Å². The fraction of sp³-hybridized carbons (Fsp3) is 0.588. The third kappa shape index (κ3) is 5.23. The summed E-state index contributed by atoms with van der Waals surface area (Å²) in [5, 5.41) is 12.4. The molecule has 0 aliphatic heterocycles. The number of amides is 1. The number of rotatable bonds is 5. The van der Waals surface area contributed by atoms with E-state index in [-0.39, 0.29) is 19.4 Å². The van der Waals surface area contributed by atoms with E-state index < -0.39 is 30.0 Å². The molecule has 23 heavy (non-hydrogen) atoms. The summed E-state index contributed by atoms with van der Waals surface area (Å²) in [6.07, 6.45) is -3.39. The van der Waals surface area contributed by atoms with E-state index in [1.807, 2.05) is 30.3 Å². The van der Waals surface area contributed by atoms with Crippen LogP contribution >= 0.6 is 0 Å². The Morgan fingerprint density at radius 3 is 2.52 bits per heavy atom. The predicted molar refractivity (Wildman–Crippen MR) is 80.7 cm³/mol. The SMILES string of the molecule is O=C(NC[C@H](O)Cc1ccccc1)[C@H]1CCCC[C@@H]1C(F)(F)F. The molecule has 2 N–H and O–H groups in total. The molecule has 128 valence electrons. The first kappa shape index (κ1) is 17.8. The molecule has 1 saturated carbocycles. The second kappa shape index (κ2) is 7.81. The summed E-state index contributed by atoms with van der Waals surface area (Å²) in [7, 11) is 0. The fourth-order valence-corrected chi connectivity index (χ4v) is 3.14. The van der Waals surface area contributed by atoms with Crippen LogP contribution in [0.2, 0.25) is 0 Å². The molecule has 1 fully saturated rings. The number of alkyl halides is 3. The molecule has 0 saturated heterocycles. The van der Waals surface area contributed by atoms with Crippen LogP contribution < -0.4 is 5.32 Å². The Hall–Kier alpha value is -1.56. The van der Waals surface area contributed by atoms with Crippen LogP contribution in [-0.2, 0) is 11.2 Å². The minimum atomic E-state index is -4.34. The number of hydrogen-bond donors (Lipinski definition) is 2. The summed E-state index contributed by atoms with van der Waals surface area (Å²) < 4.78 is 39.0. The van der Waals surface area contributed by atoms with Gasteiger partial charge in [-0.15, -0.1) is 0 Å². The maximum absolute atomic E-state index is 13.0. The zero-order valence-corrected chi connectivity index (χ0v) is 12.9. The lowest BCUT2D eigenvalue weighted by molar-refractivity contribution is -0.198. The van der Waals surface area contributed by atoms with Gasteiger partial charge in [0.05, 0.1) is 12.0 Å². The topological polar surface area (TPSA) is 49.3 Å². The van der Waals surface area contributed by atoms with E-state index in [1.54, 1.807) is 0 Å². The minimum Gasteiger partial charge on any atom is -0.391 e. The molecule has 1 aliphatic carbocycles. The first-order valence-electron chi connectivity index (χ1n) is 7.94. The zero-order valence-electron chi connectivity index (χ0n) is 12.9. The monoisotopic (exact) mass is 329 g/mol. The summed E-state index contributed by atoms with van der Waals surface area (Å²) in [6.45, 7) is -0.0329. The molecule has 3 atom stereocenters. The van der Waals surface area contributed by atoms with Crippen molar-refractivity contribution in [2.75, 3.05) is 6.54 Å². The summed E-state index contributed by atoms with van der Waals surface area (Å²) in [5.41, 5.74) is 0.917.